The highest BCUT2D eigenvalue weighted by Crippen LogP contribution is 2.27. The van der Waals surface area contributed by atoms with E-state index in [2.05, 4.69) is 17.0 Å². The average molecular weight is 306 g/mol. The number of likely N-dealkylation sites (N-methyl/N-ethyl adjacent to an activating group) is 1. The van der Waals surface area contributed by atoms with Crippen LogP contribution in [0.25, 0.3) is 0 Å². The molecule has 0 radical (unpaired) electrons. The van der Waals surface area contributed by atoms with E-state index in [4.69, 9.17) is 0 Å². The van der Waals surface area contributed by atoms with E-state index in [1.165, 1.54) is 17.3 Å². The van der Waals surface area contributed by atoms with E-state index in [1.807, 2.05) is 37.2 Å². The Kier molecular flexibility index (Phi) is 5.42. The predicted molar refractivity (Wildman–Crippen MR) is 86.1 cm³/mol. The molecule has 21 heavy (non-hydrogen) atoms. The Hall–Kier alpha value is -1.33. The van der Waals surface area contributed by atoms with Crippen molar-refractivity contribution < 1.29 is 9.59 Å². The minimum Gasteiger partial charge on any atom is -0.340 e. The van der Waals surface area contributed by atoms with Gasteiger partial charge in [0, 0.05) is 31.7 Å². The van der Waals surface area contributed by atoms with Crippen LogP contribution in [0.15, 0.2) is 30.3 Å². The van der Waals surface area contributed by atoms with Crippen molar-refractivity contribution in [3.63, 3.8) is 0 Å². The Morgan fingerprint density at radius 2 is 2.05 bits per heavy atom. The van der Waals surface area contributed by atoms with Crippen molar-refractivity contribution in [1.82, 2.24) is 9.80 Å². The molecule has 1 aromatic carbocycles. The summed E-state index contributed by atoms with van der Waals surface area (Å²) < 4.78 is 0. The van der Waals surface area contributed by atoms with Crippen molar-refractivity contribution >= 4 is 22.8 Å². The third kappa shape index (κ3) is 4.32. The van der Waals surface area contributed by atoms with E-state index >= 15 is 0 Å². The molecule has 0 saturated carbocycles. The molecule has 1 heterocycles. The molecule has 4 nitrogen and oxygen atoms in total. The summed E-state index contributed by atoms with van der Waals surface area (Å²) in [4.78, 5) is 27.3. The number of carbonyl (C=O) groups excluding carboxylic acids is 2. The number of nitrogens with zero attached hydrogens (tertiary/aromatic N) is 2. The molecule has 0 N–H and O–H groups in total. The number of likely N-dealkylation sites (tertiary alicyclic amines) is 1. The standard InChI is InChI=1S/C16H22N2O2S/c1-12(19)21-14-9-16(20)18(10-14)11-15(17(2)3)13-7-5-4-6-8-13/h4-8,14-15H,9-11H2,1-3H3. The first-order valence-corrected chi connectivity index (χ1v) is 8.01. The van der Waals surface area contributed by atoms with E-state index in [0.29, 0.717) is 19.5 Å². The van der Waals surface area contributed by atoms with E-state index in [1.54, 1.807) is 6.92 Å². The molecular formula is C16H22N2O2S. The lowest BCUT2D eigenvalue weighted by Crippen LogP contribution is -2.36. The van der Waals surface area contributed by atoms with Crippen LogP contribution >= 0.6 is 11.8 Å². The molecule has 2 atom stereocenters. The van der Waals surface area contributed by atoms with Crippen LogP contribution in [0, 0.1) is 0 Å². The van der Waals surface area contributed by atoms with Gasteiger partial charge in [-0.15, -0.1) is 0 Å². The molecular weight excluding hydrogens is 284 g/mol. The van der Waals surface area contributed by atoms with Gasteiger partial charge in [0.2, 0.25) is 5.91 Å². The first-order chi connectivity index (χ1) is 9.97. The maximum atomic E-state index is 12.1. The molecule has 1 aromatic rings. The van der Waals surface area contributed by atoms with Crippen molar-refractivity contribution in [2.45, 2.75) is 24.6 Å². The van der Waals surface area contributed by atoms with Crippen molar-refractivity contribution in [1.29, 1.82) is 0 Å². The molecule has 2 rings (SSSR count). The molecule has 1 saturated heterocycles. The van der Waals surface area contributed by atoms with Gasteiger partial charge in [0.05, 0.1) is 6.04 Å². The van der Waals surface area contributed by atoms with Gasteiger partial charge in [-0.2, -0.15) is 0 Å². The highest BCUT2D eigenvalue weighted by atomic mass is 32.2. The van der Waals surface area contributed by atoms with Crippen LogP contribution in [0.4, 0.5) is 0 Å². The third-order valence-electron chi connectivity index (χ3n) is 3.71. The van der Waals surface area contributed by atoms with Crippen molar-refractivity contribution in [3.05, 3.63) is 35.9 Å². The van der Waals surface area contributed by atoms with Crippen LogP contribution in [0.3, 0.4) is 0 Å². The van der Waals surface area contributed by atoms with Crippen molar-refractivity contribution in [3.8, 4) is 0 Å². The largest absolute Gasteiger partial charge is 0.340 e. The van der Waals surface area contributed by atoms with Crippen molar-refractivity contribution in [2.75, 3.05) is 27.2 Å². The normalized spacial score (nSPS) is 20.1. The van der Waals surface area contributed by atoms with Crippen LogP contribution in [0.5, 0.6) is 0 Å². The minimum absolute atomic E-state index is 0.0851. The van der Waals surface area contributed by atoms with E-state index in [0.717, 1.165) is 0 Å². The summed E-state index contributed by atoms with van der Waals surface area (Å²) >= 11 is 1.29. The van der Waals surface area contributed by atoms with Crippen LogP contribution in [0.1, 0.15) is 24.9 Å². The summed E-state index contributed by atoms with van der Waals surface area (Å²) in [6.45, 7) is 2.90. The minimum atomic E-state index is 0.0851. The van der Waals surface area contributed by atoms with Gasteiger partial charge in [-0.25, -0.2) is 0 Å². The number of thioether (sulfide) groups is 1. The molecule has 0 aromatic heterocycles. The van der Waals surface area contributed by atoms with E-state index in [-0.39, 0.29) is 22.3 Å². The zero-order chi connectivity index (χ0) is 15.4. The van der Waals surface area contributed by atoms with E-state index in [9.17, 15) is 9.59 Å². The van der Waals surface area contributed by atoms with Crippen molar-refractivity contribution in [2.24, 2.45) is 0 Å². The summed E-state index contributed by atoms with van der Waals surface area (Å²) in [5, 5.41) is 0.190. The molecule has 114 valence electrons. The highest BCUT2D eigenvalue weighted by Gasteiger charge is 2.32. The number of amides is 1. The van der Waals surface area contributed by atoms with Gasteiger partial charge >= 0.3 is 0 Å². The summed E-state index contributed by atoms with van der Waals surface area (Å²) in [7, 11) is 4.06. The maximum Gasteiger partial charge on any atom is 0.223 e. The van der Waals surface area contributed by atoms with Crippen LogP contribution in [-0.2, 0) is 9.59 Å². The summed E-state index contributed by atoms with van der Waals surface area (Å²) in [6, 6.07) is 10.4. The Balaban J connectivity index is 2.04. The summed E-state index contributed by atoms with van der Waals surface area (Å²) in [5.41, 5.74) is 1.21. The highest BCUT2D eigenvalue weighted by molar-refractivity contribution is 8.14. The quantitative estimate of drug-likeness (QED) is 0.836. The predicted octanol–water partition coefficient (Wildman–Crippen LogP) is 2.17. The lowest BCUT2D eigenvalue weighted by atomic mass is 10.1. The smallest absolute Gasteiger partial charge is 0.223 e. The molecule has 1 aliphatic rings. The monoisotopic (exact) mass is 306 g/mol. The number of benzene rings is 1. The van der Waals surface area contributed by atoms with Crippen LogP contribution < -0.4 is 0 Å². The zero-order valence-electron chi connectivity index (χ0n) is 12.8. The average Bonchev–Trinajstić information content (AvgIpc) is 2.75. The lowest BCUT2D eigenvalue weighted by Gasteiger charge is -2.29. The van der Waals surface area contributed by atoms with Gasteiger partial charge in [0.25, 0.3) is 0 Å². The Morgan fingerprint density at radius 3 is 2.62 bits per heavy atom. The topological polar surface area (TPSA) is 40.6 Å². The summed E-state index contributed by atoms with van der Waals surface area (Å²) in [6.07, 6.45) is 0.471. The van der Waals surface area contributed by atoms with Gasteiger partial charge in [-0.3, -0.25) is 9.59 Å². The third-order valence-corrected chi connectivity index (χ3v) is 4.69. The SMILES string of the molecule is CC(=O)SC1CC(=O)N(CC(c2ccccc2)N(C)C)C1. The van der Waals surface area contributed by atoms with Gasteiger partial charge in [0.1, 0.15) is 0 Å². The fourth-order valence-corrected chi connectivity index (χ4v) is 3.63. The van der Waals surface area contributed by atoms with Gasteiger partial charge in [-0.1, -0.05) is 42.1 Å². The number of hydrogen-bond acceptors (Lipinski definition) is 4. The second-order valence-electron chi connectivity index (χ2n) is 5.62. The van der Waals surface area contributed by atoms with Gasteiger partial charge in [-0.05, 0) is 19.7 Å². The lowest BCUT2D eigenvalue weighted by molar-refractivity contribution is -0.128. The first-order valence-electron chi connectivity index (χ1n) is 7.13. The molecule has 0 aliphatic carbocycles. The van der Waals surface area contributed by atoms with Crippen LogP contribution in [0.2, 0.25) is 0 Å². The maximum absolute atomic E-state index is 12.1. The van der Waals surface area contributed by atoms with Gasteiger partial charge < -0.3 is 9.80 Å². The van der Waals surface area contributed by atoms with Gasteiger partial charge in [0.15, 0.2) is 5.12 Å². The summed E-state index contributed by atoms with van der Waals surface area (Å²) in [5.74, 6) is 0.150. The Bertz CT molecular complexity index is 504. The molecule has 1 amide bonds. The molecule has 0 spiro atoms. The molecule has 2 unspecified atom stereocenters. The fraction of sp³-hybridized carbons (Fsp3) is 0.500. The number of carbonyl (C=O) groups is 2. The molecule has 5 heteroatoms. The first kappa shape index (κ1) is 16.0. The van der Waals surface area contributed by atoms with E-state index < -0.39 is 0 Å². The zero-order valence-corrected chi connectivity index (χ0v) is 13.6. The number of hydrogen-bond donors (Lipinski definition) is 0. The Labute approximate surface area is 130 Å². The molecule has 0 bridgehead atoms. The second kappa shape index (κ2) is 7.09. The molecule has 1 fully saturated rings. The Morgan fingerprint density at radius 1 is 1.38 bits per heavy atom. The fourth-order valence-electron chi connectivity index (χ4n) is 2.68. The number of rotatable bonds is 5. The van der Waals surface area contributed by atoms with Crippen LogP contribution in [-0.4, -0.2) is 53.3 Å². The molecule has 1 aliphatic heterocycles. The second-order valence-corrected chi connectivity index (χ2v) is 7.10.